The van der Waals surface area contributed by atoms with E-state index in [1.807, 2.05) is 24.5 Å². The number of benzene rings is 2. The maximum Gasteiger partial charge on any atom is 0.237 e. The third-order valence-electron chi connectivity index (χ3n) is 4.14. The van der Waals surface area contributed by atoms with Crippen molar-refractivity contribution >= 4 is 40.9 Å². The molecule has 0 radical (unpaired) electrons. The maximum atomic E-state index is 13.7. The van der Waals surface area contributed by atoms with E-state index in [-0.39, 0.29) is 17.5 Å². The molecule has 1 heterocycles. The summed E-state index contributed by atoms with van der Waals surface area (Å²) in [5, 5.41) is 5.73. The van der Waals surface area contributed by atoms with Crippen LogP contribution in [0.1, 0.15) is 11.5 Å². The summed E-state index contributed by atoms with van der Waals surface area (Å²) in [6.07, 6.45) is 1.91. The van der Waals surface area contributed by atoms with E-state index in [0.717, 1.165) is 4.90 Å². The Labute approximate surface area is 154 Å². The number of anilines is 1. The molecule has 25 heavy (non-hydrogen) atoms. The van der Waals surface area contributed by atoms with Gasteiger partial charge in [-0.1, -0.05) is 23.7 Å². The first-order chi connectivity index (χ1) is 12.0. The van der Waals surface area contributed by atoms with Gasteiger partial charge in [0.25, 0.3) is 0 Å². The summed E-state index contributed by atoms with van der Waals surface area (Å²) in [6.45, 7) is 0.265. The van der Waals surface area contributed by atoms with Gasteiger partial charge in [-0.25, -0.2) is 4.39 Å². The van der Waals surface area contributed by atoms with Crippen molar-refractivity contribution in [1.82, 2.24) is 5.32 Å². The van der Waals surface area contributed by atoms with E-state index >= 15 is 0 Å². The zero-order valence-corrected chi connectivity index (χ0v) is 15.0. The highest BCUT2D eigenvalue weighted by Gasteiger charge is 2.41. The van der Waals surface area contributed by atoms with Crippen LogP contribution in [0.25, 0.3) is 0 Å². The molecule has 2 atom stereocenters. The molecule has 2 aromatic carbocycles. The molecule has 1 aliphatic rings. The van der Waals surface area contributed by atoms with Crippen molar-refractivity contribution in [2.75, 3.05) is 18.1 Å². The number of thioether (sulfide) groups is 1. The van der Waals surface area contributed by atoms with Gasteiger partial charge in [-0.2, -0.15) is 0 Å². The lowest BCUT2D eigenvalue weighted by Crippen LogP contribution is -2.32. The second-order valence-electron chi connectivity index (χ2n) is 5.72. The predicted octanol–water partition coefficient (Wildman–Crippen LogP) is 3.67. The fraction of sp³-hybridized carbons (Fsp3) is 0.222. The van der Waals surface area contributed by atoms with Crippen molar-refractivity contribution in [3.8, 4) is 0 Å². The van der Waals surface area contributed by atoms with E-state index < -0.39 is 23.6 Å². The number of amides is 2. The van der Waals surface area contributed by atoms with E-state index in [0.29, 0.717) is 11.3 Å². The maximum absolute atomic E-state index is 13.7. The summed E-state index contributed by atoms with van der Waals surface area (Å²) in [4.78, 5) is 25.9. The van der Waals surface area contributed by atoms with Gasteiger partial charge in [0, 0.05) is 22.4 Å². The van der Waals surface area contributed by atoms with Gasteiger partial charge in [0.1, 0.15) is 11.7 Å². The van der Waals surface area contributed by atoms with E-state index in [9.17, 15) is 14.0 Å². The van der Waals surface area contributed by atoms with E-state index in [4.69, 9.17) is 11.6 Å². The van der Waals surface area contributed by atoms with Crippen LogP contribution >= 0.6 is 23.4 Å². The Kier molecular flexibility index (Phi) is 5.30. The van der Waals surface area contributed by atoms with Gasteiger partial charge in [0.05, 0.1) is 5.69 Å². The Hall–Kier alpha value is -2.05. The summed E-state index contributed by atoms with van der Waals surface area (Å²) in [5.41, 5.74) is 1.18. The minimum absolute atomic E-state index is 0.237. The Morgan fingerprint density at radius 2 is 2.08 bits per heavy atom. The van der Waals surface area contributed by atoms with Crippen molar-refractivity contribution in [3.63, 3.8) is 0 Å². The highest BCUT2D eigenvalue weighted by atomic mass is 35.5. The standard InChI is InChI=1S/C18H16ClFN2O2S/c1-25-15-5-3-2-4-14(15)22-18(24)16-13(9-21-17(16)23)10-6-11(19)8-12(20)7-10/h2-8,13,16H,9H2,1H3,(H,21,23)(H,22,24)/t13-,16-/m1/s1. The largest absolute Gasteiger partial charge is 0.355 e. The molecule has 0 unspecified atom stereocenters. The number of hydrogen-bond donors (Lipinski definition) is 2. The average molecular weight is 379 g/mol. The normalized spacial score (nSPS) is 19.6. The molecular weight excluding hydrogens is 363 g/mol. The second kappa shape index (κ2) is 7.45. The topological polar surface area (TPSA) is 58.2 Å². The molecular formula is C18H16ClFN2O2S. The molecule has 2 aromatic rings. The third kappa shape index (κ3) is 3.80. The average Bonchev–Trinajstić information content (AvgIpc) is 2.96. The SMILES string of the molecule is CSc1ccccc1NC(=O)[C@H]1C(=O)NC[C@@H]1c1cc(F)cc(Cl)c1. The lowest BCUT2D eigenvalue weighted by molar-refractivity contribution is -0.130. The van der Waals surface area contributed by atoms with Crippen molar-refractivity contribution in [1.29, 1.82) is 0 Å². The monoisotopic (exact) mass is 378 g/mol. The molecule has 0 spiro atoms. The van der Waals surface area contributed by atoms with Crippen LogP contribution in [0.5, 0.6) is 0 Å². The van der Waals surface area contributed by atoms with E-state index in [1.54, 1.807) is 12.1 Å². The number of halogens is 2. The van der Waals surface area contributed by atoms with Crippen molar-refractivity contribution in [3.05, 3.63) is 58.9 Å². The molecule has 0 aromatic heterocycles. The fourth-order valence-electron chi connectivity index (χ4n) is 2.98. The number of nitrogens with one attached hydrogen (secondary N) is 2. The van der Waals surface area contributed by atoms with Crippen LogP contribution in [0.4, 0.5) is 10.1 Å². The quantitative estimate of drug-likeness (QED) is 0.630. The number of hydrogen-bond acceptors (Lipinski definition) is 3. The van der Waals surface area contributed by atoms with Crippen LogP contribution in [0.2, 0.25) is 5.02 Å². The minimum Gasteiger partial charge on any atom is -0.355 e. The van der Waals surface area contributed by atoms with Gasteiger partial charge in [-0.05, 0) is 42.2 Å². The van der Waals surface area contributed by atoms with Crippen molar-refractivity contribution < 1.29 is 14.0 Å². The number of carbonyl (C=O) groups excluding carboxylic acids is 2. The molecule has 2 N–H and O–H groups in total. The lowest BCUT2D eigenvalue weighted by atomic mass is 9.87. The summed E-state index contributed by atoms with van der Waals surface area (Å²) < 4.78 is 13.7. The predicted molar refractivity (Wildman–Crippen MR) is 97.5 cm³/mol. The molecule has 3 rings (SSSR count). The zero-order valence-electron chi connectivity index (χ0n) is 13.4. The molecule has 2 amide bonds. The lowest BCUT2D eigenvalue weighted by Gasteiger charge is -2.18. The summed E-state index contributed by atoms with van der Waals surface area (Å²) in [7, 11) is 0. The second-order valence-corrected chi connectivity index (χ2v) is 7.01. The molecule has 130 valence electrons. The summed E-state index contributed by atoms with van der Waals surface area (Å²) >= 11 is 7.41. The minimum atomic E-state index is -0.937. The van der Waals surface area contributed by atoms with Crippen LogP contribution in [0, 0.1) is 11.7 Å². The number of rotatable bonds is 4. The number of para-hydroxylation sites is 1. The highest BCUT2D eigenvalue weighted by Crippen LogP contribution is 2.33. The molecule has 1 aliphatic heterocycles. The molecule has 0 saturated carbocycles. The smallest absolute Gasteiger partial charge is 0.237 e. The van der Waals surface area contributed by atoms with Crippen LogP contribution in [-0.4, -0.2) is 24.6 Å². The van der Waals surface area contributed by atoms with Crippen molar-refractivity contribution in [2.45, 2.75) is 10.8 Å². The first-order valence-electron chi connectivity index (χ1n) is 7.67. The van der Waals surface area contributed by atoms with E-state index in [1.165, 1.54) is 23.9 Å². The zero-order chi connectivity index (χ0) is 18.0. The van der Waals surface area contributed by atoms with Crippen LogP contribution in [0.3, 0.4) is 0 Å². The molecule has 1 saturated heterocycles. The Morgan fingerprint density at radius 1 is 1.32 bits per heavy atom. The Balaban J connectivity index is 1.87. The first kappa shape index (κ1) is 17.8. The Bertz CT molecular complexity index is 810. The van der Waals surface area contributed by atoms with Gasteiger partial charge < -0.3 is 10.6 Å². The molecule has 0 bridgehead atoms. The van der Waals surface area contributed by atoms with Crippen LogP contribution in [-0.2, 0) is 9.59 Å². The Morgan fingerprint density at radius 3 is 2.80 bits per heavy atom. The van der Waals surface area contributed by atoms with Gasteiger partial charge in [-0.15, -0.1) is 11.8 Å². The van der Waals surface area contributed by atoms with Gasteiger partial charge >= 0.3 is 0 Å². The van der Waals surface area contributed by atoms with Gasteiger partial charge in [0.15, 0.2) is 0 Å². The summed E-state index contributed by atoms with van der Waals surface area (Å²) in [5.74, 6) is -2.69. The third-order valence-corrected chi connectivity index (χ3v) is 5.16. The molecule has 4 nitrogen and oxygen atoms in total. The van der Waals surface area contributed by atoms with Crippen molar-refractivity contribution in [2.24, 2.45) is 5.92 Å². The van der Waals surface area contributed by atoms with Gasteiger partial charge in [0.2, 0.25) is 11.8 Å². The summed E-state index contributed by atoms with van der Waals surface area (Å²) in [6, 6.07) is 11.5. The molecule has 7 heteroatoms. The first-order valence-corrected chi connectivity index (χ1v) is 9.27. The van der Waals surface area contributed by atoms with Gasteiger partial charge in [-0.3, -0.25) is 9.59 Å². The van der Waals surface area contributed by atoms with Crippen LogP contribution in [0.15, 0.2) is 47.4 Å². The fourth-order valence-corrected chi connectivity index (χ4v) is 3.76. The highest BCUT2D eigenvalue weighted by molar-refractivity contribution is 7.98. The van der Waals surface area contributed by atoms with Crippen LogP contribution < -0.4 is 10.6 Å². The molecule has 1 fully saturated rings. The molecule has 0 aliphatic carbocycles. The number of carbonyl (C=O) groups is 2. The van der Waals surface area contributed by atoms with E-state index in [2.05, 4.69) is 10.6 Å².